The topological polar surface area (TPSA) is 33.0 Å². The van der Waals surface area contributed by atoms with Crippen LogP contribution in [0, 0.1) is 11.3 Å². The smallest absolute Gasteiger partial charge is 0.0993 e. The molecule has 0 aromatic rings. The van der Waals surface area contributed by atoms with E-state index in [0.29, 0.717) is 0 Å². The molecule has 1 unspecified atom stereocenters. The number of hydrogen-bond donors (Lipinski definition) is 0. The lowest BCUT2D eigenvalue weighted by atomic mass is 10.1. The first kappa shape index (κ1) is 10.8. The summed E-state index contributed by atoms with van der Waals surface area (Å²) in [5.74, 6) is 0. The van der Waals surface area contributed by atoms with Crippen LogP contribution < -0.4 is 0 Å². The minimum atomic E-state index is -0.224. The van der Waals surface area contributed by atoms with Gasteiger partial charge in [-0.05, 0) is 26.0 Å². The fourth-order valence-corrected chi connectivity index (χ4v) is 1.20. The molecule has 0 aliphatic carbocycles. The minimum absolute atomic E-state index is 0.224. The van der Waals surface area contributed by atoms with Gasteiger partial charge in [-0.2, -0.15) is 5.26 Å². The lowest BCUT2D eigenvalue weighted by molar-refractivity contribution is 0.191. The predicted molar refractivity (Wildman–Crippen MR) is 48.6 cm³/mol. The first-order valence-electron chi connectivity index (χ1n) is 3.64. The molecule has 0 spiro atoms. The fourth-order valence-electron chi connectivity index (χ4n) is 0.757. The van der Waals surface area contributed by atoms with E-state index >= 15 is 0 Å². The molecule has 3 heteroatoms. The van der Waals surface area contributed by atoms with Crippen LogP contribution in [0.25, 0.3) is 0 Å². The summed E-state index contributed by atoms with van der Waals surface area (Å²) in [6.45, 7) is 2.71. The first-order valence-corrected chi connectivity index (χ1v) is 4.86. The first-order chi connectivity index (χ1) is 5.18. The molecule has 0 saturated carbocycles. The molecule has 0 aromatic carbocycles. The van der Waals surface area contributed by atoms with Gasteiger partial charge in [0.25, 0.3) is 0 Å². The third kappa shape index (κ3) is 4.28. The molecule has 0 aliphatic heterocycles. The van der Waals surface area contributed by atoms with Gasteiger partial charge in [-0.15, -0.1) is 11.8 Å². The van der Waals surface area contributed by atoms with Gasteiger partial charge < -0.3 is 4.74 Å². The van der Waals surface area contributed by atoms with Crippen LogP contribution >= 0.6 is 11.8 Å². The highest BCUT2D eigenvalue weighted by Gasteiger charge is 2.20. The van der Waals surface area contributed by atoms with Gasteiger partial charge in [-0.1, -0.05) is 0 Å². The van der Waals surface area contributed by atoms with Gasteiger partial charge in [0, 0.05) is 13.7 Å². The zero-order valence-electron chi connectivity index (χ0n) is 7.39. The van der Waals surface area contributed by atoms with Crippen molar-refractivity contribution in [2.24, 2.45) is 0 Å². The van der Waals surface area contributed by atoms with Crippen molar-refractivity contribution in [1.29, 1.82) is 5.26 Å². The number of thioether (sulfide) groups is 1. The number of ether oxygens (including phenoxy) is 1. The average Bonchev–Trinajstić information content (AvgIpc) is 2.05. The molecule has 64 valence electrons. The Bertz CT molecular complexity index is 144. The molecule has 0 radical (unpaired) electrons. The second-order valence-electron chi connectivity index (χ2n) is 2.64. The SMILES string of the molecule is COCCCC(C)(C#N)SC. The van der Waals surface area contributed by atoms with E-state index in [-0.39, 0.29) is 4.75 Å². The Morgan fingerprint density at radius 1 is 1.64 bits per heavy atom. The van der Waals surface area contributed by atoms with Gasteiger partial charge in [-0.3, -0.25) is 0 Å². The largest absolute Gasteiger partial charge is 0.385 e. The molecule has 0 N–H and O–H groups in total. The zero-order chi connectivity index (χ0) is 8.74. The van der Waals surface area contributed by atoms with E-state index in [9.17, 15) is 0 Å². The highest BCUT2D eigenvalue weighted by atomic mass is 32.2. The lowest BCUT2D eigenvalue weighted by Gasteiger charge is -2.17. The second-order valence-corrected chi connectivity index (χ2v) is 3.95. The van der Waals surface area contributed by atoms with Crippen LogP contribution in [-0.4, -0.2) is 24.7 Å². The van der Waals surface area contributed by atoms with Crippen molar-refractivity contribution in [3.63, 3.8) is 0 Å². The Morgan fingerprint density at radius 2 is 2.27 bits per heavy atom. The Balaban J connectivity index is 3.63. The van der Waals surface area contributed by atoms with Crippen molar-refractivity contribution in [3.8, 4) is 6.07 Å². The summed E-state index contributed by atoms with van der Waals surface area (Å²) in [5.41, 5.74) is 0. The van der Waals surface area contributed by atoms with Gasteiger partial charge in [0.1, 0.15) is 0 Å². The van der Waals surface area contributed by atoms with E-state index in [1.165, 1.54) is 0 Å². The molecule has 0 heterocycles. The van der Waals surface area contributed by atoms with Crippen LogP contribution in [-0.2, 0) is 4.74 Å². The quantitative estimate of drug-likeness (QED) is 0.597. The van der Waals surface area contributed by atoms with E-state index in [1.807, 2.05) is 13.2 Å². The standard InChI is InChI=1S/C8H15NOS/c1-8(7-9,11-3)5-4-6-10-2/h4-6H2,1-3H3. The van der Waals surface area contributed by atoms with Crippen LogP contribution in [0.5, 0.6) is 0 Å². The normalized spacial score (nSPS) is 15.5. The Hall–Kier alpha value is -0.200. The van der Waals surface area contributed by atoms with E-state index in [2.05, 4.69) is 6.07 Å². The number of rotatable bonds is 5. The monoisotopic (exact) mass is 173 g/mol. The van der Waals surface area contributed by atoms with Crippen molar-refractivity contribution >= 4 is 11.8 Å². The van der Waals surface area contributed by atoms with Crippen molar-refractivity contribution in [3.05, 3.63) is 0 Å². The second kappa shape index (κ2) is 5.45. The summed E-state index contributed by atoms with van der Waals surface area (Å²) in [4.78, 5) is 0. The Labute approximate surface area is 72.9 Å². The Morgan fingerprint density at radius 3 is 2.64 bits per heavy atom. The lowest BCUT2D eigenvalue weighted by Crippen LogP contribution is -2.17. The third-order valence-electron chi connectivity index (χ3n) is 1.69. The minimum Gasteiger partial charge on any atom is -0.385 e. The predicted octanol–water partition coefficient (Wildman–Crippen LogP) is 2.06. The molecule has 0 saturated heterocycles. The number of hydrogen-bond acceptors (Lipinski definition) is 3. The zero-order valence-corrected chi connectivity index (χ0v) is 8.20. The molecule has 0 rings (SSSR count). The van der Waals surface area contributed by atoms with Gasteiger partial charge >= 0.3 is 0 Å². The molecule has 0 fully saturated rings. The van der Waals surface area contributed by atoms with Crippen LogP contribution in [0.1, 0.15) is 19.8 Å². The van der Waals surface area contributed by atoms with Crippen molar-refractivity contribution in [2.75, 3.05) is 20.0 Å². The molecule has 0 amide bonds. The van der Waals surface area contributed by atoms with Crippen molar-refractivity contribution in [1.82, 2.24) is 0 Å². The van der Waals surface area contributed by atoms with E-state index in [1.54, 1.807) is 18.9 Å². The van der Waals surface area contributed by atoms with Crippen LogP contribution in [0.2, 0.25) is 0 Å². The van der Waals surface area contributed by atoms with Gasteiger partial charge in [0.15, 0.2) is 0 Å². The van der Waals surface area contributed by atoms with Gasteiger partial charge in [-0.25, -0.2) is 0 Å². The van der Waals surface area contributed by atoms with Crippen LogP contribution in [0.15, 0.2) is 0 Å². The molecular formula is C8H15NOS. The molecule has 1 atom stereocenters. The van der Waals surface area contributed by atoms with Crippen molar-refractivity contribution < 1.29 is 4.74 Å². The van der Waals surface area contributed by atoms with Crippen LogP contribution in [0.4, 0.5) is 0 Å². The number of methoxy groups -OCH3 is 1. The summed E-state index contributed by atoms with van der Waals surface area (Å²) in [5, 5.41) is 8.77. The highest BCUT2D eigenvalue weighted by Crippen LogP contribution is 2.26. The fraction of sp³-hybridized carbons (Fsp3) is 0.875. The van der Waals surface area contributed by atoms with E-state index < -0.39 is 0 Å². The molecule has 0 aliphatic rings. The summed E-state index contributed by atoms with van der Waals surface area (Å²) >= 11 is 1.61. The summed E-state index contributed by atoms with van der Waals surface area (Å²) in [6, 6.07) is 2.29. The number of nitriles is 1. The highest BCUT2D eigenvalue weighted by molar-refractivity contribution is 8.00. The van der Waals surface area contributed by atoms with E-state index in [4.69, 9.17) is 10.00 Å². The van der Waals surface area contributed by atoms with E-state index in [0.717, 1.165) is 19.4 Å². The number of nitrogens with zero attached hydrogens (tertiary/aromatic N) is 1. The Kier molecular flexibility index (Phi) is 5.35. The maximum atomic E-state index is 8.77. The van der Waals surface area contributed by atoms with Crippen molar-refractivity contribution in [2.45, 2.75) is 24.5 Å². The summed E-state index contributed by atoms with van der Waals surface area (Å²) < 4.78 is 4.68. The maximum absolute atomic E-state index is 8.77. The van der Waals surface area contributed by atoms with Crippen LogP contribution in [0.3, 0.4) is 0 Å². The average molecular weight is 173 g/mol. The summed E-state index contributed by atoms with van der Waals surface area (Å²) in [7, 11) is 1.68. The summed E-state index contributed by atoms with van der Waals surface area (Å²) in [6.07, 6.45) is 3.83. The van der Waals surface area contributed by atoms with Gasteiger partial charge in [0.05, 0.1) is 10.8 Å². The molecule has 11 heavy (non-hydrogen) atoms. The maximum Gasteiger partial charge on any atom is 0.0993 e. The molecule has 0 aromatic heterocycles. The molecule has 0 bridgehead atoms. The molecule has 2 nitrogen and oxygen atoms in total. The third-order valence-corrected chi connectivity index (χ3v) is 2.89. The van der Waals surface area contributed by atoms with Gasteiger partial charge in [0.2, 0.25) is 0 Å². The molecular weight excluding hydrogens is 158 g/mol.